The van der Waals surface area contributed by atoms with E-state index in [2.05, 4.69) is 0 Å². The molecule has 1 aromatic rings. The number of rotatable bonds is 3. The zero-order valence-corrected chi connectivity index (χ0v) is 9.45. The molecule has 0 spiro atoms. The molecule has 0 bridgehead atoms. The average molecular weight is 243 g/mol. The first-order chi connectivity index (χ1) is 7.80. The molecule has 92 valence electrons. The van der Waals surface area contributed by atoms with Crippen LogP contribution in [-0.4, -0.2) is 26.1 Å². The van der Waals surface area contributed by atoms with Crippen molar-refractivity contribution in [1.82, 2.24) is 0 Å². The minimum absolute atomic E-state index is 0.532. The third kappa shape index (κ3) is 3.94. The number of ketones is 1. The van der Waals surface area contributed by atoms with Gasteiger partial charge in [0.25, 0.3) is 5.78 Å². The van der Waals surface area contributed by atoms with Gasteiger partial charge in [-0.05, 0) is 23.8 Å². The van der Waals surface area contributed by atoms with Gasteiger partial charge in [0, 0.05) is 19.8 Å². The van der Waals surface area contributed by atoms with Crippen molar-refractivity contribution in [1.29, 1.82) is 0 Å². The molecule has 1 rings (SSSR count). The predicted molar refractivity (Wildman–Crippen MR) is 60.9 cm³/mol. The Hall–Kier alpha value is -1.78. The first-order valence-electron chi connectivity index (χ1n) is 4.87. The van der Waals surface area contributed by atoms with Crippen LogP contribution >= 0.6 is 0 Å². The molecule has 0 saturated heterocycles. The van der Waals surface area contributed by atoms with Crippen molar-refractivity contribution < 1.29 is 18.0 Å². The van der Waals surface area contributed by atoms with Gasteiger partial charge in [-0.15, -0.1) is 0 Å². The molecule has 17 heavy (non-hydrogen) atoms. The highest BCUT2D eigenvalue weighted by Gasteiger charge is 2.35. The fourth-order valence-electron chi connectivity index (χ4n) is 1.15. The van der Waals surface area contributed by atoms with Crippen molar-refractivity contribution in [3.63, 3.8) is 0 Å². The van der Waals surface area contributed by atoms with Crippen LogP contribution in [0.3, 0.4) is 0 Å². The lowest BCUT2D eigenvalue weighted by Gasteiger charge is -2.11. The minimum atomic E-state index is -4.81. The molecule has 2 nitrogen and oxygen atoms in total. The maximum atomic E-state index is 11.9. The van der Waals surface area contributed by atoms with Gasteiger partial charge in [0.15, 0.2) is 0 Å². The number of anilines is 1. The molecule has 0 aromatic heterocycles. The summed E-state index contributed by atoms with van der Waals surface area (Å²) in [5.41, 5.74) is 1.48. The number of carbonyl (C=O) groups is 1. The largest absolute Gasteiger partial charge is 0.454 e. The zero-order chi connectivity index (χ0) is 13.1. The smallest absolute Gasteiger partial charge is 0.378 e. The summed E-state index contributed by atoms with van der Waals surface area (Å²) < 4.78 is 35.7. The van der Waals surface area contributed by atoms with Gasteiger partial charge >= 0.3 is 6.18 Å². The molecule has 0 fully saturated rings. The third-order valence-corrected chi connectivity index (χ3v) is 2.12. The summed E-state index contributed by atoms with van der Waals surface area (Å²) in [5.74, 6) is -1.85. The molecule has 0 unspecified atom stereocenters. The van der Waals surface area contributed by atoms with Crippen molar-refractivity contribution >= 4 is 17.5 Å². The quantitative estimate of drug-likeness (QED) is 0.761. The summed E-state index contributed by atoms with van der Waals surface area (Å²) in [7, 11) is 3.72. The van der Waals surface area contributed by atoms with Gasteiger partial charge in [-0.2, -0.15) is 13.2 Å². The normalized spacial score (nSPS) is 11.8. The van der Waals surface area contributed by atoms with Crippen LogP contribution in [0.5, 0.6) is 0 Å². The molecular weight excluding hydrogens is 231 g/mol. The van der Waals surface area contributed by atoms with Gasteiger partial charge in [0.1, 0.15) is 0 Å². The van der Waals surface area contributed by atoms with Crippen LogP contribution in [0.2, 0.25) is 0 Å². The van der Waals surface area contributed by atoms with E-state index >= 15 is 0 Å². The molecule has 0 amide bonds. The summed E-state index contributed by atoms with van der Waals surface area (Å²) in [6, 6.07) is 6.82. The van der Waals surface area contributed by atoms with Crippen molar-refractivity contribution in [3.8, 4) is 0 Å². The van der Waals surface area contributed by atoms with Gasteiger partial charge < -0.3 is 4.90 Å². The SMILES string of the molecule is CN(C)c1ccc(/C=C/C(=O)C(F)(F)F)cc1. The molecule has 0 aliphatic rings. The molecule has 0 radical (unpaired) electrons. The van der Waals surface area contributed by atoms with Gasteiger partial charge in [-0.3, -0.25) is 4.79 Å². The van der Waals surface area contributed by atoms with Crippen molar-refractivity contribution in [2.75, 3.05) is 19.0 Å². The van der Waals surface area contributed by atoms with Gasteiger partial charge in [0.2, 0.25) is 0 Å². The van der Waals surface area contributed by atoms with Gasteiger partial charge in [0.05, 0.1) is 0 Å². The highest BCUT2D eigenvalue weighted by Crippen LogP contribution is 2.18. The summed E-state index contributed by atoms with van der Waals surface area (Å²) in [6.45, 7) is 0. The number of alkyl halides is 3. The zero-order valence-electron chi connectivity index (χ0n) is 9.45. The number of nitrogens with zero attached hydrogens (tertiary/aromatic N) is 1. The number of halogens is 3. The fraction of sp³-hybridized carbons (Fsp3) is 0.250. The molecule has 1 aromatic carbocycles. The number of hydrogen-bond donors (Lipinski definition) is 0. The van der Waals surface area contributed by atoms with E-state index < -0.39 is 12.0 Å². The van der Waals surface area contributed by atoms with Crippen LogP contribution in [0.4, 0.5) is 18.9 Å². The Bertz CT molecular complexity index is 418. The van der Waals surface area contributed by atoms with Crippen LogP contribution in [-0.2, 0) is 4.79 Å². The third-order valence-electron chi connectivity index (χ3n) is 2.12. The second kappa shape index (κ2) is 5.03. The topological polar surface area (TPSA) is 20.3 Å². The minimum Gasteiger partial charge on any atom is -0.378 e. The molecule has 5 heteroatoms. The van der Waals surface area contributed by atoms with E-state index in [1.54, 1.807) is 24.3 Å². The van der Waals surface area contributed by atoms with Gasteiger partial charge in [-0.1, -0.05) is 18.2 Å². The van der Waals surface area contributed by atoms with Crippen molar-refractivity contribution in [2.24, 2.45) is 0 Å². The molecule has 0 heterocycles. The Kier molecular flexibility index (Phi) is 3.93. The standard InChI is InChI=1S/C12H12F3NO/c1-16(2)10-6-3-9(4-7-10)5-8-11(17)12(13,14)15/h3-8H,1-2H3/b8-5+. The van der Waals surface area contributed by atoms with E-state index in [1.165, 1.54) is 0 Å². The summed E-state index contributed by atoms with van der Waals surface area (Å²) in [4.78, 5) is 12.5. The van der Waals surface area contributed by atoms with E-state index in [0.29, 0.717) is 11.6 Å². The predicted octanol–water partition coefficient (Wildman–Crippen LogP) is 2.90. The summed E-state index contributed by atoms with van der Waals surface area (Å²) in [6.07, 6.45) is -3.12. The Labute approximate surface area is 97.3 Å². The van der Waals surface area contributed by atoms with Crippen LogP contribution in [0, 0.1) is 0 Å². The number of benzene rings is 1. The van der Waals surface area contributed by atoms with E-state index in [4.69, 9.17) is 0 Å². The Morgan fingerprint density at radius 2 is 1.71 bits per heavy atom. The molecule has 0 saturated carbocycles. The number of carbonyl (C=O) groups excluding carboxylic acids is 1. The van der Waals surface area contributed by atoms with Crippen molar-refractivity contribution in [3.05, 3.63) is 35.9 Å². The van der Waals surface area contributed by atoms with Crippen LogP contribution in [0.15, 0.2) is 30.3 Å². The lowest BCUT2D eigenvalue weighted by Crippen LogP contribution is -2.19. The molecular formula is C12H12F3NO. The lowest BCUT2D eigenvalue weighted by molar-refractivity contribution is -0.165. The molecule has 0 atom stereocenters. The van der Waals surface area contributed by atoms with E-state index in [9.17, 15) is 18.0 Å². The molecule has 0 aliphatic heterocycles. The maximum Gasteiger partial charge on any atom is 0.454 e. The van der Waals surface area contributed by atoms with E-state index in [-0.39, 0.29) is 0 Å². The lowest BCUT2D eigenvalue weighted by atomic mass is 10.1. The number of hydrogen-bond acceptors (Lipinski definition) is 2. The number of allylic oxidation sites excluding steroid dienone is 1. The highest BCUT2D eigenvalue weighted by molar-refractivity contribution is 5.97. The van der Waals surface area contributed by atoms with Crippen LogP contribution in [0.1, 0.15) is 5.56 Å². The first kappa shape index (κ1) is 13.3. The monoisotopic (exact) mass is 243 g/mol. The second-order valence-corrected chi connectivity index (χ2v) is 3.68. The molecule has 0 N–H and O–H groups in total. The average Bonchev–Trinajstić information content (AvgIpc) is 2.25. The van der Waals surface area contributed by atoms with Crippen molar-refractivity contribution in [2.45, 2.75) is 6.18 Å². The fourth-order valence-corrected chi connectivity index (χ4v) is 1.15. The Balaban J connectivity index is 2.76. The van der Waals surface area contributed by atoms with Crippen LogP contribution < -0.4 is 4.90 Å². The summed E-state index contributed by atoms with van der Waals surface area (Å²) >= 11 is 0. The van der Waals surface area contributed by atoms with Crippen LogP contribution in [0.25, 0.3) is 6.08 Å². The van der Waals surface area contributed by atoms with E-state index in [0.717, 1.165) is 11.8 Å². The Morgan fingerprint density at radius 1 is 1.18 bits per heavy atom. The summed E-state index contributed by atoms with van der Waals surface area (Å²) in [5, 5.41) is 0. The second-order valence-electron chi connectivity index (χ2n) is 3.68. The van der Waals surface area contributed by atoms with E-state index in [1.807, 2.05) is 19.0 Å². The Morgan fingerprint density at radius 3 is 2.12 bits per heavy atom. The highest BCUT2D eigenvalue weighted by atomic mass is 19.4. The maximum absolute atomic E-state index is 11.9. The van der Waals surface area contributed by atoms with Gasteiger partial charge in [-0.25, -0.2) is 0 Å². The molecule has 0 aliphatic carbocycles. The first-order valence-corrected chi connectivity index (χ1v) is 4.87.